The van der Waals surface area contributed by atoms with Crippen LogP contribution in [-0.4, -0.2) is 4.98 Å². The molecule has 2 aromatic rings. The van der Waals surface area contributed by atoms with Crippen LogP contribution in [0.3, 0.4) is 0 Å². The van der Waals surface area contributed by atoms with Crippen molar-refractivity contribution in [1.82, 2.24) is 4.98 Å². The summed E-state index contributed by atoms with van der Waals surface area (Å²) in [7, 11) is 0. The molecule has 0 atom stereocenters. The molecule has 0 aromatic carbocycles. The van der Waals surface area contributed by atoms with Crippen molar-refractivity contribution in [2.75, 3.05) is 0 Å². The van der Waals surface area contributed by atoms with Crippen molar-refractivity contribution in [2.24, 2.45) is 0 Å². The van der Waals surface area contributed by atoms with Gasteiger partial charge in [-0.1, -0.05) is 6.07 Å². The van der Waals surface area contributed by atoms with Crippen molar-refractivity contribution in [3.05, 3.63) is 64.4 Å². The molecule has 2 heterocycles. The molecule has 0 aliphatic rings. The van der Waals surface area contributed by atoms with E-state index < -0.39 is 23.7 Å². The number of nitrogens with zero attached hydrogens (tertiary/aromatic N) is 2. The van der Waals surface area contributed by atoms with Crippen molar-refractivity contribution in [2.45, 2.75) is 26.2 Å². The molecule has 0 saturated heterocycles. The number of hydrogen-bond acceptors (Lipinski definition) is 2. The predicted octanol–water partition coefficient (Wildman–Crippen LogP) is 4.06. The van der Waals surface area contributed by atoms with Gasteiger partial charge in [-0.25, -0.2) is 0 Å². The Hall–Kier alpha value is -2.32. The van der Waals surface area contributed by atoms with Crippen LogP contribution in [0.4, 0.5) is 26.3 Å². The fourth-order valence-electron chi connectivity index (χ4n) is 1.44. The van der Waals surface area contributed by atoms with Crippen molar-refractivity contribution < 1.29 is 31.1 Å². The van der Waals surface area contributed by atoms with Crippen molar-refractivity contribution in [3.63, 3.8) is 0 Å². The topological polar surface area (TPSA) is 39.8 Å². The molecule has 0 amide bonds. The van der Waals surface area contributed by atoms with E-state index in [1.54, 1.807) is 13.8 Å². The second kappa shape index (κ2) is 6.84. The molecule has 2 aromatic heterocycles. The lowest BCUT2D eigenvalue weighted by atomic mass is 10.3. The molecule has 0 unspecified atom stereocenters. The Balaban J connectivity index is 0.000000231. The zero-order valence-electron chi connectivity index (χ0n) is 12.0. The van der Waals surface area contributed by atoms with Gasteiger partial charge in [-0.15, -0.1) is 0 Å². The molecule has 0 aliphatic carbocycles. The van der Waals surface area contributed by atoms with Gasteiger partial charge in [-0.05, 0) is 31.5 Å². The van der Waals surface area contributed by atoms with Crippen LogP contribution in [0.5, 0.6) is 0 Å². The van der Waals surface area contributed by atoms with Gasteiger partial charge in [0.05, 0.1) is 0 Å². The highest BCUT2D eigenvalue weighted by atomic mass is 19.4. The first-order chi connectivity index (χ1) is 10.4. The maximum atomic E-state index is 12.0. The highest BCUT2D eigenvalue weighted by Gasteiger charge is 2.39. The molecule has 2 rings (SSSR count). The molecule has 0 fully saturated rings. The molecule has 3 nitrogen and oxygen atoms in total. The molecule has 0 saturated carbocycles. The minimum Gasteiger partial charge on any atom is -0.618 e. The molecule has 0 radical (unpaired) electrons. The van der Waals surface area contributed by atoms with E-state index >= 15 is 0 Å². The first-order valence-electron chi connectivity index (χ1n) is 6.18. The number of hydrogen-bond donors (Lipinski definition) is 0. The van der Waals surface area contributed by atoms with Gasteiger partial charge in [0.25, 0.3) is 5.69 Å². The number of aromatic nitrogens is 2. The van der Waals surface area contributed by atoms with E-state index in [1.165, 1.54) is 18.3 Å². The SMILES string of the molecule is Cc1ccc(C(F)(F)F)[n+]([O-])c1.Cc1ccc(C(F)(F)F)nc1. The van der Waals surface area contributed by atoms with Gasteiger partial charge in [0.1, 0.15) is 5.69 Å². The van der Waals surface area contributed by atoms with Gasteiger partial charge in [0.15, 0.2) is 6.20 Å². The lowest BCUT2D eigenvalue weighted by Gasteiger charge is -2.06. The Morgan fingerprint density at radius 1 is 0.870 bits per heavy atom. The van der Waals surface area contributed by atoms with Crippen LogP contribution < -0.4 is 4.73 Å². The molecular formula is C14H12F6N2O. The number of alkyl halides is 6. The van der Waals surface area contributed by atoms with E-state index in [1.807, 2.05) is 0 Å². The third kappa shape index (κ3) is 5.76. The molecule has 9 heteroatoms. The number of halogens is 6. The second-order valence-electron chi connectivity index (χ2n) is 4.63. The smallest absolute Gasteiger partial charge is 0.478 e. The number of pyridine rings is 2. The van der Waals surface area contributed by atoms with Gasteiger partial charge in [0.2, 0.25) is 0 Å². The van der Waals surface area contributed by atoms with Crippen LogP contribution in [0.25, 0.3) is 0 Å². The maximum absolute atomic E-state index is 12.0. The summed E-state index contributed by atoms with van der Waals surface area (Å²) in [6.45, 7) is 3.24. The van der Waals surface area contributed by atoms with Gasteiger partial charge < -0.3 is 5.21 Å². The summed E-state index contributed by atoms with van der Waals surface area (Å²) in [5, 5.41) is 10.7. The highest BCUT2D eigenvalue weighted by molar-refractivity contribution is 5.14. The summed E-state index contributed by atoms with van der Waals surface area (Å²) < 4.78 is 71.3. The van der Waals surface area contributed by atoms with E-state index in [-0.39, 0.29) is 4.73 Å². The quantitative estimate of drug-likeness (QED) is 0.413. The zero-order valence-corrected chi connectivity index (χ0v) is 12.0. The summed E-state index contributed by atoms with van der Waals surface area (Å²) in [4.78, 5) is 3.22. The molecular weight excluding hydrogens is 326 g/mol. The standard InChI is InChI=1S/C7H6F3NO.C7H6F3N/c1-5-2-3-6(7(8,9)10)11(12)4-5;1-5-2-3-6(11-4-5)7(8,9)10/h2-4H,1H3;2-4H,1H3. The van der Waals surface area contributed by atoms with Gasteiger partial charge in [0, 0.05) is 17.8 Å². The molecule has 126 valence electrons. The van der Waals surface area contributed by atoms with Crippen LogP contribution in [0.1, 0.15) is 22.5 Å². The largest absolute Gasteiger partial charge is 0.618 e. The minimum absolute atomic E-state index is 0.171. The summed E-state index contributed by atoms with van der Waals surface area (Å²) in [6.07, 6.45) is -6.81. The fraction of sp³-hybridized carbons (Fsp3) is 0.286. The number of aryl methyl sites for hydroxylation is 2. The Morgan fingerprint density at radius 2 is 1.43 bits per heavy atom. The van der Waals surface area contributed by atoms with Crippen LogP contribution in [0, 0.1) is 19.1 Å². The first kappa shape index (κ1) is 18.7. The number of rotatable bonds is 0. The Labute approximate surface area is 127 Å². The average Bonchev–Trinajstić information content (AvgIpc) is 2.37. The zero-order chi connectivity index (χ0) is 17.8. The molecule has 0 bridgehead atoms. The summed E-state index contributed by atoms with van der Waals surface area (Å²) in [5.74, 6) is 0. The predicted molar refractivity (Wildman–Crippen MR) is 69.1 cm³/mol. The van der Waals surface area contributed by atoms with Crippen LogP contribution in [0.2, 0.25) is 0 Å². The first-order valence-corrected chi connectivity index (χ1v) is 6.18. The fourth-order valence-corrected chi connectivity index (χ4v) is 1.44. The monoisotopic (exact) mass is 338 g/mol. The van der Waals surface area contributed by atoms with Crippen LogP contribution >= 0.6 is 0 Å². The van der Waals surface area contributed by atoms with Crippen molar-refractivity contribution in [1.29, 1.82) is 0 Å². The molecule has 0 spiro atoms. The summed E-state index contributed by atoms with van der Waals surface area (Å²) in [6, 6.07) is 4.37. The van der Waals surface area contributed by atoms with Crippen molar-refractivity contribution in [3.8, 4) is 0 Å². The Morgan fingerprint density at radius 3 is 1.83 bits per heavy atom. The van der Waals surface area contributed by atoms with Gasteiger partial charge >= 0.3 is 12.4 Å². The van der Waals surface area contributed by atoms with E-state index in [4.69, 9.17) is 0 Å². The lowest BCUT2D eigenvalue weighted by molar-refractivity contribution is -0.629. The van der Waals surface area contributed by atoms with Gasteiger partial charge in [-0.3, -0.25) is 4.98 Å². The van der Waals surface area contributed by atoms with E-state index in [0.29, 0.717) is 5.56 Å². The average molecular weight is 338 g/mol. The minimum atomic E-state index is -4.57. The van der Waals surface area contributed by atoms with Gasteiger partial charge in [-0.2, -0.15) is 31.1 Å². The van der Waals surface area contributed by atoms with E-state index in [9.17, 15) is 31.5 Å². The van der Waals surface area contributed by atoms with E-state index in [0.717, 1.165) is 23.9 Å². The third-order valence-corrected chi connectivity index (χ3v) is 2.55. The van der Waals surface area contributed by atoms with E-state index in [2.05, 4.69) is 4.98 Å². The second-order valence-corrected chi connectivity index (χ2v) is 4.63. The summed E-state index contributed by atoms with van der Waals surface area (Å²) >= 11 is 0. The summed E-state index contributed by atoms with van der Waals surface area (Å²) in [5.41, 5.74) is -0.813. The lowest BCUT2D eigenvalue weighted by Crippen LogP contribution is -2.36. The molecule has 0 N–H and O–H groups in total. The normalized spacial score (nSPS) is 11.7. The van der Waals surface area contributed by atoms with Crippen LogP contribution in [-0.2, 0) is 12.4 Å². The molecule has 23 heavy (non-hydrogen) atoms. The maximum Gasteiger partial charge on any atom is 0.478 e. The Bertz CT molecular complexity index is 650. The Kier molecular flexibility index (Phi) is 5.57. The van der Waals surface area contributed by atoms with Crippen molar-refractivity contribution >= 4 is 0 Å². The molecule has 0 aliphatic heterocycles. The third-order valence-electron chi connectivity index (χ3n) is 2.55. The van der Waals surface area contributed by atoms with Crippen LogP contribution in [0.15, 0.2) is 36.7 Å². The highest BCUT2D eigenvalue weighted by Crippen LogP contribution is 2.27.